The Labute approximate surface area is 168 Å². The van der Waals surface area contributed by atoms with Crippen LogP contribution in [-0.2, 0) is 21.1 Å². The normalized spacial score (nSPS) is 11.3. The number of nitrogens with one attached hydrogen (secondary N) is 1. The van der Waals surface area contributed by atoms with E-state index in [2.05, 4.69) is 15.5 Å². The summed E-state index contributed by atoms with van der Waals surface area (Å²) in [6, 6.07) is 11.6. The van der Waals surface area contributed by atoms with Crippen molar-refractivity contribution in [3.8, 4) is 17.2 Å². The van der Waals surface area contributed by atoms with Crippen LogP contribution >= 0.6 is 0 Å². The van der Waals surface area contributed by atoms with Crippen molar-refractivity contribution in [2.45, 2.75) is 25.2 Å². The van der Waals surface area contributed by atoms with Gasteiger partial charge in [-0.05, 0) is 48.4 Å². The van der Waals surface area contributed by atoms with Crippen LogP contribution in [0.5, 0.6) is 5.75 Å². The third-order valence-corrected chi connectivity index (χ3v) is 6.09. The number of hydrogen-bond acceptors (Lipinski definition) is 7. The van der Waals surface area contributed by atoms with E-state index in [-0.39, 0.29) is 34.9 Å². The highest BCUT2D eigenvalue weighted by Crippen LogP contribution is 2.23. The van der Waals surface area contributed by atoms with E-state index in [1.54, 1.807) is 26.2 Å². The summed E-state index contributed by atoms with van der Waals surface area (Å²) >= 11 is 0. The molecule has 8 nitrogen and oxygen atoms in total. The number of amides is 1. The molecule has 0 bridgehead atoms. The van der Waals surface area contributed by atoms with Crippen LogP contribution in [0.4, 0.5) is 6.01 Å². The molecule has 0 aliphatic heterocycles. The largest absolute Gasteiger partial charge is 0.496 e. The SMILES string of the molecule is CCS(=O)(=O)c1ccc(-c2nnc(NC(=O)Cc3ccc(OC)c(C)c3)o2)cc1. The molecule has 0 aliphatic rings. The molecule has 0 saturated heterocycles. The average molecular weight is 415 g/mol. The topological polar surface area (TPSA) is 111 Å². The van der Waals surface area contributed by atoms with E-state index in [1.165, 1.54) is 12.1 Å². The van der Waals surface area contributed by atoms with Crippen molar-refractivity contribution < 1.29 is 22.4 Å². The highest BCUT2D eigenvalue weighted by molar-refractivity contribution is 7.91. The number of methoxy groups -OCH3 is 1. The zero-order chi connectivity index (χ0) is 21.0. The monoisotopic (exact) mass is 415 g/mol. The number of aromatic nitrogens is 2. The van der Waals surface area contributed by atoms with Gasteiger partial charge in [0.1, 0.15) is 5.75 Å². The van der Waals surface area contributed by atoms with Gasteiger partial charge in [0.2, 0.25) is 11.8 Å². The van der Waals surface area contributed by atoms with E-state index in [4.69, 9.17) is 9.15 Å². The van der Waals surface area contributed by atoms with Gasteiger partial charge in [0.15, 0.2) is 9.84 Å². The van der Waals surface area contributed by atoms with Crippen molar-refractivity contribution in [3.05, 3.63) is 53.6 Å². The first-order valence-corrected chi connectivity index (χ1v) is 10.6. The van der Waals surface area contributed by atoms with E-state index >= 15 is 0 Å². The maximum atomic E-state index is 12.2. The van der Waals surface area contributed by atoms with Gasteiger partial charge in [-0.2, -0.15) is 0 Å². The molecule has 0 atom stereocenters. The van der Waals surface area contributed by atoms with Crippen molar-refractivity contribution in [1.82, 2.24) is 10.2 Å². The predicted octanol–water partition coefficient (Wildman–Crippen LogP) is 3.03. The smallest absolute Gasteiger partial charge is 0.322 e. The molecule has 2 aromatic carbocycles. The number of nitrogens with zero attached hydrogens (tertiary/aromatic N) is 2. The summed E-state index contributed by atoms with van der Waals surface area (Å²) in [6.45, 7) is 3.49. The van der Waals surface area contributed by atoms with Crippen LogP contribution in [-0.4, -0.2) is 37.4 Å². The number of benzene rings is 2. The van der Waals surface area contributed by atoms with E-state index in [9.17, 15) is 13.2 Å². The van der Waals surface area contributed by atoms with Crippen molar-refractivity contribution in [1.29, 1.82) is 0 Å². The summed E-state index contributed by atoms with van der Waals surface area (Å²) in [5, 5.41) is 10.3. The molecule has 3 aromatic rings. The van der Waals surface area contributed by atoms with Crippen molar-refractivity contribution >= 4 is 21.8 Å². The van der Waals surface area contributed by atoms with Crippen LogP contribution in [0.3, 0.4) is 0 Å². The molecule has 0 aliphatic carbocycles. The zero-order valence-corrected chi connectivity index (χ0v) is 17.1. The number of aryl methyl sites for hydroxylation is 1. The third kappa shape index (κ3) is 4.80. The Bertz CT molecular complexity index is 1120. The number of hydrogen-bond donors (Lipinski definition) is 1. The molecule has 29 heavy (non-hydrogen) atoms. The number of rotatable bonds is 7. The van der Waals surface area contributed by atoms with Gasteiger partial charge in [0.25, 0.3) is 0 Å². The molecule has 0 spiro atoms. The second-order valence-electron chi connectivity index (χ2n) is 6.37. The maximum absolute atomic E-state index is 12.2. The molecule has 1 aromatic heterocycles. The Morgan fingerprint density at radius 2 is 1.86 bits per heavy atom. The van der Waals surface area contributed by atoms with Gasteiger partial charge in [-0.15, -0.1) is 5.10 Å². The van der Waals surface area contributed by atoms with Crippen LogP contribution in [0.15, 0.2) is 51.8 Å². The van der Waals surface area contributed by atoms with Crippen molar-refractivity contribution in [3.63, 3.8) is 0 Å². The molecule has 3 rings (SSSR count). The summed E-state index contributed by atoms with van der Waals surface area (Å²) in [7, 11) is -1.68. The van der Waals surface area contributed by atoms with Gasteiger partial charge in [-0.25, -0.2) is 8.42 Å². The first-order valence-electron chi connectivity index (χ1n) is 8.92. The minimum absolute atomic E-state index is 0.0246. The standard InChI is InChI=1S/C20H21N3O5S/c1-4-29(25,26)16-8-6-15(7-9-16)19-22-23-20(28-19)21-18(24)12-14-5-10-17(27-3)13(2)11-14/h5-11H,4,12H2,1-3H3,(H,21,23,24). The summed E-state index contributed by atoms with van der Waals surface area (Å²) < 4.78 is 34.4. The zero-order valence-electron chi connectivity index (χ0n) is 16.3. The highest BCUT2D eigenvalue weighted by Gasteiger charge is 2.15. The fourth-order valence-electron chi connectivity index (χ4n) is 2.76. The van der Waals surface area contributed by atoms with Gasteiger partial charge in [0.05, 0.1) is 24.2 Å². The Kier molecular flexibility index (Phi) is 5.97. The fourth-order valence-corrected chi connectivity index (χ4v) is 3.65. The lowest BCUT2D eigenvalue weighted by Crippen LogP contribution is -2.14. The Hall–Kier alpha value is -3.20. The molecule has 0 radical (unpaired) electrons. The van der Waals surface area contributed by atoms with Crippen LogP contribution < -0.4 is 10.1 Å². The van der Waals surface area contributed by atoms with E-state index < -0.39 is 9.84 Å². The molecule has 1 heterocycles. The number of ether oxygens (including phenoxy) is 1. The molecule has 1 amide bonds. The number of anilines is 1. The van der Waals surface area contributed by atoms with Crippen LogP contribution in [0.25, 0.3) is 11.5 Å². The van der Waals surface area contributed by atoms with E-state index in [0.29, 0.717) is 5.56 Å². The minimum Gasteiger partial charge on any atom is -0.496 e. The lowest BCUT2D eigenvalue weighted by atomic mass is 10.1. The number of sulfone groups is 1. The van der Waals surface area contributed by atoms with Crippen molar-refractivity contribution in [2.75, 3.05) is 18.2 Å². The maximum Gasteiger partial charge on any atom is 0.322 e. The first-order chi connectivity index (χ1) is 13.8. The van der Waals surface area contributed by atoms with Gasteiger partial charge in [0, 0.05) is 5.56 Å². The molecular formula is C20H21N3O5S. The second kappa shape index (κ2) is 8.44. The van der Waals surface area contributed by atoms with Crippen molar-refractivity contribution in [2.24, 2.45) is 0 Å². The van der Waals surface area contributed by atoms with Crippen LogP contribution in [0.1, 0.15) is 18.1 Å². The molecule has 152 valence electrons. The Balaban J connectivity index is 1.67. The fraction of sp³-hybridized carbons (Fsp3) is 0.250. The molecule has 1 N–H and O–H groups in total. The summed E-state index contributed by atoms with van der Waals surface area (Å²) in [4.78, 5) is 12.5. The molecule has 0 unspecified atom stereocenters. The number of carbonyl (C=O) groups excluding carboxylic acids is 1. The second-order valence-corrected chi connectivity index (χ2v) is 8.65. The third-order valence-electron chi connectivity index (χ3n) is 4.34. The highest BCUT2D eigenvalue weighted by atomic mass is 32.2. The van der Waals surface area contributed by atoms with Crippen LogP contribution in [0, 0.1) is 6.92 Å². The molecule has 9 heteroatoms. The van der Waals surface area contributed by atoms with E-state index in [0.717, 1.165) is 16.9 Å². The first kappa shape index (κ1) is 20.5. The Morgan fingerprint density at radius 3 is 2.48 bits per heavy atom. The summed E-state index contributed by atoms with van der Waals surface area (Å²) in [6.07, 6.45) is 0.145. The molecule has 0 fully saturated rings. The number of carbonyl (C=O) groups is 1. The minimum atomic E-state index is -3.28. The quantitative estimate of drug-likeness (QED) is 0.631. The Morgan fingerprint density at radius 1 is 1.14 bits per heavy atom. The van der Waals surface area contributed by atoms with Gasteiger partial charge in [-0.1, -0.05) is 24.2 Å². The summed E-state index contributed by atoms with van der Waals surface area (Å²) in [5.74, 6) is 0.667. The van der Waals surface area contributed by atoms with Gasteiger partial charge >= 0.3 is 6.01 Å². The van der Waals surface area contributed by atoms with Gasteiger partial charge < -0.3 is 9.15 Å². The molecule has 0 saturated carbocycles. The summed E-state index contributed by atoms with van der Waals surface area (Å²) in [5.41, 5.74) is 2.32. The van der Waals surface area contributed by atoms with Gasteiger partial charge in [-0.3, -0.25) is 10.1 Å². The predicted molar refractivity (Wildman–Crippen MR) is 108 cm³/mol. The van der Waals surface area contributed by atoms with E-state index in [1.807, 2.05) is 25.1 Å². The lowest BCUT2D eigenvalue weighted by molar-refractivity contribution is -0.115. The average Bonchev–Trinajstić information content (AvgIpc) is 3.16. The van der Waals surface area contributed by atoms with Crippen LogP contribution in [0.2, 0.25) is 0 Å². The lowest BCUT2D eigenvalue weighted by Gasteiger charge is -2.07. The molecular weight excluding hydrogens is 394 g/mol.